The normalized spacial score (nSPS) is 28.8. The second-order valence-electron chi connectivity index (χ2n) is 6.18. The number of hydrogen-bond donors (Lipinski definition) is 0. The first-order valence-corrected chi connectivity index (χ1v) is 7.30. The Hall–Kier alpha value is -1.65. The molecule has 1 aliphatic heterocycles. The molecule has 5 heteroatoms. The van der Waals surface area contributed by atoms with E-state index in [0.29, 0.717) is 24.6 Å². The lowest BCUT2D eigenvalue weighted by Gasteiger charge is -2.33. The molecule has 1 spiro atoms. The highest BCUT2D eigenvalue weighted by Crippen LogP contribution is 2.42. The molecule has 1 aliphatic carbocycles. The molecule has 0 aromatic heterocycles. The van der Waals surface area contributed by atoms with Crippen LogP contribution in [-0.4, -0.2) is 43.4 Å². The van der Waals surface area contributed by atoms with Gasteiger partial charge in [0.1, 0.15) is 11.6 Å². The lowest BCUT2D eigenvalue weighted by molar-refractivity contribution is -0.113. The van der Waals surface area contributed by atoms with Crippen LogP contribution in [-0.2, 0) is 14.3 Å². The van der Waals surface area contributed by atoms with Crippen molar-refractivity contribution < 1.29 is 14.3 Å². The highest BCUT2D eigenvalue weighted by Gasteiger charge is 2.48. The molecule has 0 unspecified atom stereocenters. The van der Waals surface area contributed by atoms with E-state index in [2.05, 4.69) is 13.8 Å². The lowest BCUT2D eigenvalue weighted by Crippen LogP contribution is -2.45. The smallest absolute Gasteiger partial charge is 0.213 e. The number of ether oxygens (including phenoxy) is 2. The lowest BCUT2D eigenvalue weighted by atomic mass is 9.91. The van der Waals surface area contributed by atoms with Gasteiger partial charge in [-0.2, -0.15) is 0 Å². The topological polar surface area (TPSA) is 60.2 Å². The van der Waals surface area contributed by atoms with E-state index in [1.807, 2.05) is 6.92 Å². The molecule has 0 amide bonds. The summed E-state index contributed by atoms with van der Waals surface area (Å²) in [6.45, 7) is 7.73. The Morgan fingerprint density at radius 1 is 1.29 bits per heavy atom. The van der Waals surface area contributed by atoms with Crippen molar-refractivity contribution >= 4 is 17.6 Å². The van der Waals surface area contributed by atoms with Crippen molar-refractivity contribution in [1.82, 2.24) is 0 Å². The van der Waals surface area contributed by atoms with Gasteiger partial charge in [-0.1, -0.05) is 19.4 Å². The van der Waals surface area contributed by atoms with Gasteiger partial charge in [0.05, 0.1) is 14.2 Å². The van der Waals surface area contributed by atoms with Gasteiger partial charge in [0.15, 0.2) is 5.78 Å². The standard InChI is InChI=1S/C16H24N2O3/c1-9(2)13-14(20-5)18-16(15(17-13)21-6)7-10(3)12(8-16)11(4)19/h9,13H,7-8H2,1-6H3/t13-,16-/m1/s1. The minimum absolute atomic E-state index is 0.0972. The monoisotopic (exact) mass is 292 g/mol. The molecule has 1 heterocycles. The van der Waals surface area contributed by atoms with Crippen molar-refractivity contribution in [2.45, 2.75) is 52.1 Å². The molecule has 2 rings (SSSR count). The summed E-state index contributed by atoms with van der Waals surface area (Å²) in [6, 6.07) is -0.128. The summed E-state index contributed by atoms with van der Waals surface area (Å²) in [5.41, 5.74) is 1.30. The number of aliphatic imine (C=N–C) groups is 2. The summed E-state index contributed by atoms with van der Waals surface area (Å²) in [6.07, 6.45) is 1.20. The fourth-order valence-electron chi connectivity index (χ4n) is 3.18. The molecular weight excluding hydrogens is 268 g/mol. The fourth-order valence-corrected chi connectivity index (χ4v) is 3.18. The first kappa shape index (κ1) is 15.7. The molecule has 2 aliphatic rings. The molecule has 0 N–H and O–H groups in total. The molecule has 0 fully saturated rings. The van der Waals surface area contributed by atoms with Gasteiger partial charge >= 0.3 is 0 Å². The number of methoxy groups -OCH3 is 2. The Balaban J connectivity index is 2.43. The number of ketones is 1. The van der Waals surface area contributed by atoms with Crippen LogP contribution in [0.4, 0.5) is 0 Å². The van der Waals surface area contributed by atoms with Crippen molar-refractivity contribution in [3.63, 3.8) is 0 Å². The largest absolute Gasteiger partial charge is 0.483 e. The van der Waals surface area contributed by atoms with Gasteiger partial charge in [0.25, 0.3) is 0 Å². The quantitative estimate of drug-likeness (QED) is 0.786. The van der Waals surface area contributed by atoms with Crippen molar-refractivity contribution in [3.05, 3.63) is 11.1 Å². The number of hydrogen-bond acceptors (Lipinski definition) is 5. The van der Waals surface area contributed by atoms with E-state index in [0.717, 1.165) is 11.1 Å². The minimum atomic E-state index is -0.601. The van der Waals surface area contributed by atoms with Crippen LogP contribution in [0.5, 0.6) is 0 Å². The molecule has 5 nitrogen and oxygen atoms in total. The van der Waals surface area contributed by atoms with Crippen LogP contribution >= 0.6 is 0 Å². The fraction of sp³-hybridized carbons (Fsp3) is 0.688. The summed E-state index contributed by atoms with van der Waals surface area (Å²) in [7, 11) is 3.24. The molecule has 0 saturated carbocycles. The summed E-state index contributed by atoms with van der Waals surface area (Å²) >= 11 is 0. The van der Waals surface area contributed by atoms with Gasteiger partial charge < -0.3 is 9.47 Å². The maximum atomic E-state index is 11.8. The molecule has 0 radical (unpaired) electrons. The number of rotatable bonds is 2. The summed E-state index contributed by atoms with van der Waals surface area (Å²) < 4.78 is 11.0. The average molecular weight is 292 g/mol. The third-order valence-electron chi connectivity index (χ3n) is 4.23. The van der Waals surface area contributed by atoms with E-state index in [1.54, 1.807) is 21.1 Å². The first-order chi connectivity index (χ1) is 9.84. The molecule has 0 aromatic carbocycles. The zero-order valence-electron chi connectivity index (χ0n) is 13.7. The van der Waals surface area contributed by atoms with E-state index in [4.69, 9.17) is 19.5 Å². The SMILES string of the molecule is COC1=N[C@@]2(CC(C)=C(C(C)=O)C2)C(OC)=N[C@@H]1C(C)C. The molecule has 0 bridgehead atoms. The molecule has 0 saturated heterocycles. The van der Waals surface area contributed by atoms with Gasteiger partial charge in [-0.05, 0) is 25.3 Å². The maximum absolute atomic E-state index is 11.8. The Bertz CT molecular complexity index is 546. The van der Waals surface area contributed by atoms with Gasteiger partial charge in [-0.15, -0.1) is 0 Å². The van der Waals surface area contributed by atoms with Crippen molar-refractivity contribution in [3.8, 4) is 0 Å². The van der Waals surface area contributed by atoms with E-state index in [9.17, 15) is 4.79 Å². The molecule has 21 heavy (non-hydrogen) atoms. The summed E-state index contributed by atoms with van der Waals surface area (Å²) in [4.78, 5) is 21.3. The van der Waals surface area contributed by atoms with E-state index in [1.165, 1.54) is 0 Å². The Kier molecular flexibility index (Phi) is 4.21. The van der Waals surface area contributed by atoms with Gasteiger partial charge in [-0.25, -0.2) is 9.98 Å². The van der Waals surface area contributed by atoms with E-state index < -0.39 is 5.54 Å². The predicted molar refractivity (Wildman–Crippen MR) is 82.9 cm³/mol. The van der Waals surface area contributed by atoms with Crippen molar-refractivity contribution in [1.29, 1.82) is 0 Å². The van der Waals surface area contributed by atoms with Crippen LogP contribution in [0.2, 0.25) is 0 Å². The average Bonchev–Trinajstić information content (AvgIpc) is 2.75. The van der Waals surface area contributed by atoms with Crippen LogP contribution in [0.25, 0.3) is 0 Å². The van der Waals surface area contributed by atoms with Crippen LogP contribution in [0.3, 0.4) is 0 Å². The Morgan fingerprint density at radius 3 is 2.38 bits per heavy atom. The third kappa shape index (κ3) is 2.61. The van der Waals surface area contributed by atoms with E-state index >= 15 is 0 Å². The summed E-state index contributed by atoms with van der Waals surface area (Å²) in [5.74, 6) is 1.61. The highest BCUT2D eigenvalue weighted by atomic mass is 16.5. The molecule has 2 atom stereocenters. The first-order valence-electron chi connectivity index (χ1n) is 7.30. The zero-order valence-corrected chi connectivity index (χ0v) is 13.7. The highest BCUT2D eigenvalue weighted by molar-refractivity contribution is 6.02. The Morgan fingerprint density at radius 2 is 1.95 bits per heavy atom. The van der Waals surface area contributed by atoms with Crippen LogP contribution in [0.15, 0.2) is 21.1 Å². The van der Waals surface area contributed by atoms with Crippen LogP contribution in [0, 0.1) is 5.92 Å². The van der Waals surface area contributed by atoms with Gasteiger partial charge in [-0.3, -0.25) is 4.79 Å². The van der Waals surface area contributed by atoms with E-state index in [-0.39, 0.29) is 17.7 Å². The van der Waals surface area contributed by atoms with Crippen LogP contribution < -0.4 is 0 Å². The third-order valence-corrected chi connectivity index (χ3v) is 4.23. The van der Waals surface area contributed by atoms with Gasteiger partial charge in [0, 0.05) is 12.8 Å². The molecule has 116 valence electrons. The minimum Gasteiger partial charge on any atom is -0.483 e. The number of carbonyl (C=O) groups excluding carboxylic acids is 1. The summed E-state index contributed by atoms with van der Waals surface area (Å²) in [5, 5.41) is 0. The number of Topliss-reactive ketones (excluding diaryl/α,β-unsaturated/α-hetero) is 1. The van der Waals surface area contributed by atoms with Gasteiger partial charge in [0.2, 0.25) is 11.8 Å². The second kappa shape index (κ2) is 5.62. The van der Waals surface area contributed by atoms with Crippen molar-refractivity contribution in [2.24, 2.45) is 15.9 Å². The predicted octanol–water partition coefficient (Wildman–Crippen LogP) is 2.55. The van der Waals surface area contributed by atoms with Crippen LogP contribution in [0.1, 0.15) is 40.5 Å². The second-order valence-corrected chi connectivity index (χ2v) is 6.18. The van der Waals surface area contributed by atoms with Crippen molar-refractivity contribution in [2.75, 3.05) is 14.2 Å². The maximum Gasteiger partial charge on any atom is 0.213 e. The Labute approximate surface area is 126 Å². The number of nitrogens with zero attached hydrogens (tertiary/aromatic N) is 2. The molecular formula is C16H24N2O3. The zero-order chi connectivity index (χ0) is 15.8. The number of carbonyl (C=O) groups is 1. The molecule has 0 aromatic rings.